The SMILES string of the molecule is COc1ccc(C(CN)Cc2ccc(OCC(C)C)cc2)cc1F. The van der Waals surface area contributed by atoms with Crippen molar-refractivity contribution in [3.63, 3.8) is 0 Å². The van der Waals surface area contributed by atoms with Gasteiger partial charge in [-0.15, -0.1) is 0 Å². The van der Waals surface area contributed by atoms with Gasteiger partial charge < -0.3 is 15.2 Å². The molecule has 130 valence electrons. The lowest BCUT2D eigenvalue weighted by atomic mass is 9.92. The molecule has 0 aromatic heterocycles. The minimum Gasteiger partial charge on any atom is -0.494 e. The van der Waals surface area contributed by atoms with Crippen molar-refractivity contribution in [1.82, 2.24) is 0 Å². The zero-order valence-electron chi connectivity index (χ0n) is 14.6. The molecule has 0 heterocycles. The minimum absolute atomic E-state index is 0.0628. The van der Waals surface area contributed by atoms with Crippen LogP contribution in [0.5, 0.6) is 11.5 Å². The second-order valence-corrected chi connectivity index (χ2v) is 6.38. The van der Waals surface area contributed by atoms with Crippen LogP contribution in [0.25, 0.3) is 0 Å². The maximum absolute atomic E-state index is 13.9. The van der Waals surface area contributed by atoms with Crippen molar-refractivity contribution in [2.45, 2.75) is 26.2 Å². The summed E-state index contributed by atoms with van der Waals surface area (Å²) in [6.45, 7) is 5.40. The zero-order chi connectivity index (χ0) is 17.5. The lowest BCUT2D eigenvalue weighted by molar-refractivity contribution is 0.271. The molecule has 0 saturated carbocycles. The molecule has 2 rings (SSSR count). The van der Waals surface area contributed by atoms with Crippen molar-refractivity contribution in [2.75, 3.05) is 20.3 Å². The molecule has 0 saturated heterocycles. The molecule has 0 bridgehead atoms. The van der Waals surface area contributed by atoms with E-state index >= 15 is 0 Å². The fraction of sp³-hybridized carbons (Fsp3) is 0.400. The predicted octanol–water partition coefficient (Wildman–Crippen LogP) is 4.15. The molecule has 2 aromatic rings. The van der Waals surface area contributed by atoms with Gasteiger partial charge in [0, 0.05) is 5.92 Å². The van der Waals surface area contributed by atoms with E-state index in [0.717, 1.165) is 23.3 Å². The van der Waals surface area contributed by atoms with Crippen LogP contribution in [0.2, 0.25) is 0 Å². The Morgan fingerprint density at radius 1 is 1.08 bits per heavy atom. The van der Waals surface area contributed by atoms with E-state index in [2.05, 4.69) is 13.8 Å². The quantitative estimate of drug-likeness (QED) is 0.790. The van der Waals surface area contributed by atoms with Crippen LogP contribution in [0.1, 0.15) is 30.9 Å². The molecular formula is C20H26FNO2. The first kappa shape index (κ1) is 18.3. The monoisotopic (exact) mass is 331 g/mol. The Kier molecular flexibility index (Phi) is 6.62. The van der Waals surface area contributed by atoms with Crippen LogP contribution in [0.3, 0.4) is 0 Å². The Hall–Kier alpha value is -2.07. The van der Waals surface area contributed by atoms with Crippen LogP contribution in [0.4, 0.5) is 4.39 Å². The first-order chi connectivity index (χ1) is 11.5. The molecule has 0 amide bonds. The number of methoxy groups -OCH3 is 1. The fourth-order valence-corrected chi connectivity index (χ4v) is 2.54. The van der Waals surface area contributed by atoms with E-state index in [1.165, 1.54) is 13.2 Å². The third-order valence-electron chi connectivity index (χ3n) is 3.92. The highest BCUT2D eigenvalue weighted by Crippen LogP contribution is 2.26. The van der Waals surface area contributed by atoms with Crippen LogP contribution in [0.15, 0.2) is 42.5 Å². The molecule has 1 unspecified atom stereocenters. The normalized spacial score (nSPS) is 12.2. The van der Waals surface area contributed by atoms with Gasteiger partial charge in [-0.2, -0.15) is 0 Å². The number of halogens is 1. The van der Waals surface area contributed by atoms with Gasteiger partial charge in [-0.1, -0.05) is 32.0 Å². The highest BCUT2D eigenvalue weighted by atomic mass is 19.1. The molecule has 4 heteroatoms. The lowest BCUT2D eigenvalue weighted by Crippen LogP contribution is -2.15. The standard InChI is InChI=1S/C20H26FNO2/c1-14(2)13-24-18-7-4-15(5-8-18)10-17(12-22)16-6-9-20(23-3)19(21)11-16/h4-9,11,14,17H,10,12-13,22H2,1-3H3. The summed E-state index contributed by atoms with van der Waals surface area (Å²) in [5, 5.41) is 0. The average Bonchev–Trinajstić information content (AvgIpc) is 2.58. The molecular weight excluding hydrogens is 305 g/mol. The highest BCUT2D eigenvalue weighted by molar-refractivity contribution is 5.34. The number of nitrogens with two attached hydrogens (primary N) is 1. The van der Waals surface area contributed by atoms with E-state index in [1.54, 1.807) is 6.07 Å². The van der Waals surface area contributed by atoms with Gasteiger partial charge in [-0.25, -0.2) is 4.39 Å². The van der Waals surface area contributed by atoms with Crippen molar-refractivity contribution in [1.29, 1.82) is 0 Å². The summed E-state index contributed by atoms with van der Waals surface area (Å²) in [5.41, 5.74) is 7.94. The molecule has 0 radical (unpaired) electrons. The molecule has 2 N–H and O–H groups in total. The van der Waals surface area contributed by atoms with E-state index in [0.29, 0.717) is 19.1 Å². The van der Waals surface area contributed by atoms with Crippen molar-refractivity contribution >= 4 is 0 Å². The van der Waals surface area contributed by atoms with Crippen molar-refractivity contribution in [2.24, 2.45) is 11.7 Å². The zero-order valence-corrected chi connectivity index (χ0v) is 14.6. The van der Waals surface area contributed by atoms with E-state index in [1.807, 2.05) is 30.3 Å². The second-order valence-electron chi connectivity index (χ2n) is 6.38. The van der Waals surface area contributed by atoms with Gasteiger partial charge in [0.05, 0.1) is 13.7 Å². The number of rotatable bonds is 8. The van der Waals surface area contributed by atoms with Gasteiger partial charge >= 0.3 is 0 Å². The molecule has 1 atom stereocenters. The number of hydrogen-bond donors (Lipinski definition) is 1. The summed E-state index contributed by atoms with van der Waals surface area (Å²) in [7, 11) is 1.46. The Labute approximate surface area is 143 Å². The molecule has 0 spiro atoms. The van der Waals surface area contributed by atoms with Crippen LogP contribution < -0.4 is 15.2 Å². The Morgan fingerprint density at radius 3 is 2.33 bits per heavy atom. The van der Waals surface area contributed by atoms with E-state index in [9.17, 15) is 4.39 Å². The van der Waals surface area contributed by atoms with E-state index < -0.39 is 0 Å². The first-order valence-electron chi connectivity index (χ1n) is 8.28. The summed E-state index contributed by atoms with van der Waals surface area (Å²) in [6.07, 6.45) is 0.757. The molecule has 0 aliphatic heterocycles. The summed E-state index contributed by atoms with van der Waals surface area (Å²) in [5.74, 6) is 1.32. The minimum atomic E-state index is -0.356. The molecule has 0 fully saturated rings. The largest absolute Gasteiger partial charge is 0.494 e. The third kappa shape index (κ3) is 4.96. The maximum atomic E-state index is 13.9. The maximum Gasteiger partial charge on any atom is 0.165 e. The van der Waals surface area contributed by atoms with Crippen molar-refractivity contribution < 1.29 is 13.9 Å². The molecule has 24 heavy (non-hydrogen) atoms. The summed E-state index contributed by atoms with van der Waals surface area (Å²) < 4.78 is 24.6. The van der Waals surface area contributed by atoms with Gasteiger partial charge in [0.2, 0.25) is 0 Å². The summed E-state index contributed by atoms with van der Waals surface area (Å²) in [6, 6.07) is 13.1. The Bertz CT molecular complexity index is 641. The van der Waals surface area contributed by atoms with Gasteiger partial charge in [0.25, 0.3) is 0 Å². The first-order valence-corrected chi connectivity index (χ1v) is 8.28. The molecule has 3 nitrogen and oxygen atoms in total. The lowest BCUT2D eigenvalue weighted by Gasteiger charge is -2.17. The smallest absolute Gasteiger partial charge is 0.165 e. The Balaban J connectivity index is 2.05. The predicted molar refractivity (Wildman–Crippen MR) is 95.2 cm³/mol. The van der Waals surface area contributed by atoms with Crippen molar-refractivity contribution in [3.8, 4) is 11.5 Å². The molecule has 2 aromatic carbocycles. The van der Waals surface area contributed by atoms with Crippen molar-refractivity contribution in [3.05, 3.63) is 59.4 Å². The van der Waals surface area contributed by atoms with Crippen LogP contribution >= 0.6 is 0 Å². The van der Waals surface area contributed by atoms with Gasteiger partial charge in [-0.05, 0) is 54.3 Å². The van der Waals surface area contributed by atoms with Crippen LogP contribution in [0, 0.1) is 11.7 Å². The molecule has 0 aliphatic rings. The summed E-state index contributed by atoms with van der Waals surface area (Å²) in [4.78, 5) is 0. The highest BCUT2D eigenvalue weighted by Gasteiger charge is 2.13. The topological polar surface area (TPSA) is 44.5 Å². The number of hydrogen-bond acceptors (Lipinski definition) is 3. The second kappa shape index (κ2) is 8.69. The van der Waals surface area contributed by atoms with Gasteiger partial charge in [-0.3, -0.25) is 0 Å². The summed E-state index contributed by atoms with van der Waals surface area (Å²) >= 11 is 0. The van der Waals surface area contributed by atoms with Crippen LogP contribution in [-0.2, 0) is 6.42 Å². The number of ether oxygens (including phenoxy) is 2. The fourth-order valence-electron chi connectivity index (χ4n) is 2.54. The van der Waals surface area contributed by atoms with Gasteiger partial charge in [0.15, 0.2) is 11.6 Å². The van der Waals surface area contributed by atoms with Gasteiger partial charge in [0.1, 0.15) is 5.75 Å². The van der Waals surface area contributed by atoms with E-state index in [4.69, 9.17) is 15.2 Å². The Morgan fingerprint density at radius 2 is 1.79 bits per heavy atom. The van der Waals surface area contributed by atoms with E-state index in [-0.39, 0.29) is 17.5 Å². The molecule has 0 aliphatic carbocycles. The number of benzene rings is 2. The average molecular weight is 331 g/mol. The van der Waals surface area contributed by atoms with Crippen LogP contribution in [-0.4, -0.2) is 20.3 Å². The third-order valence-corrected chi connectivity index (χ3v) is 3.92.